The first-order valence-electron chi connectivity index (χ1n) is 10.7. The minimum absolute atomic E-state index is 0.0982. The third-order valence-corrected chi connectivity index (χ3v) is 6.15. The number of amides is 1. The normalized spacial score (nSPS) is 13.3. The van der Waals surface area contributed by atoms with E-state index in [9.17, 15) is 4.79 Å². The molecule has 1 aliphatic heterocycles. The van der Waals surface area contributed by atoms with Gasteiger partial charge in [0.05, 0.1) is 12.3 Å². The standard InChI is InChI=1S/C24H27N5O2S/c1-31-16-21-13-22(29-11-2-3-12-29)28-24(27-21)32-17-18-6-8-20(9-7-18)23(30)26-15-19-5-4-10-25-14-19/h4-10,13-14H,2-3,11-12,15-17H2,1H3,(H,26,30). The Morgan fingerprint density at radius 3 is 2.66 bits per heavy atom. The van der Waals surface area contributed by atoms with Gasteiger partial charge < -0.3 is 15.0 Å². The lowest BCUT2D eigenvalue weighted by molar-refractivity contribution is 0.0951. The number of aromatic nitrogens is 3. The lowest BCUT2D eigenvalue weighted by Crippen LogP contribution is -2.22. The fraction of sp³-hybridized carbons (Fsp3) is 0.333. The molecule has 2 aromatic heterocycles. The Hall–Kier alpha value is -2.97. The van der Waals surface area contributed by atoms with Crippen LogP contribution in [0.3, 0.4) is 0 Å². The summed E-state index contributed by atoms with van der Waals surface area (Å²) in [5.74, 6) is 1.61. The molecule has 0 saturated carbocycles. The second-order valence-electron chi connectivity index (χ2n) is 7.66. The Bertz CT molecular complexity index is 1020. The van der Waals surface area contributed by atoms with Gasteiger partial charge in [-0.2, -0.15) is 0 Å². The number of carbonyl (C=O) groups excluding carboxylic acids is 1. The Labute approximate surface area is 192 Å². The van der Waals surface area contributed by atoms with Crippen molar-refractivity contribution < 1.29 is 9.53 Å². The minimum Gasteiger partial charge on any atom is -0.378 e. The summed E-state index contributed by atoms with van der Waals surface area (Å²) in [7, 11) is 1.68. The van der Waals surface area contributed by atoms with Crippen LogP contribution in [0.15, 0.2) is 60.0 Å². The van der Waals surface area contributed by atoms with Gasteiger partial charge in [0.25, 0.3) is 5.91 Å². The van der Waals surface area contributed by atoms with Gasteiger partial charge in [0.15, 0.2) is 5.16 Å². The highest BCUT2D eigenvalue weighted by Crippen LogP contribution is 2.25. The average molecular weight is 450 g/mol. The molecule has 0 unspecified atom stereocenters. The Balaban J connectivity index is 1.35. The number of benzene rings is 1. The summed E-state index contributed by atoms with van der Waals surface area (Å²) in [5, 5.41) is 3.67. The van der Waals surface area contributed by atoms with Gasteiger partial charge in [-0.1, -0.05) is 30.0 Å². The first kappa shape index (κ1) is 22.2. The molecule has 0 atom stereocenters. The molecule has 1 amide bonds. The molecule has 1 aromatic carbocycles. The summed E-state index contributed by atoms with van der Waals surface area (Å²) in [4.78, 5) is 28.2. The smallest absolute Gasteiger partial charge is 0.251 e. The van der Waals surface area contributed by atoms with E-state index in [1.54, 1.807) is 31.3 Å². The number of nitrogens with one attached hydrogen (secondary N) is 1. The van der Waals surface area contributed by atoms with Gasteiger partial charge in [-0.15, -0.1) is 0 Å². The molecule has 0 radical (unpaired) electrons. The molecule has 1 fully saturated rings. The highest BCUT2D eigenvalue weighted by molar-refractivity contribution is 7.98. The molecule has 8 heteroatoms. The number of thioether (sulfide) groups is 1. The van der Waals surface area contributed by atoms with Gasteiger partial charge in [-0.25, -0.2) is 9.97 Å². The van der Waals surface area contributed by atoms with Gasteiger partial charge in [-0.3, -0.25) is 9.78 Å². The number of nitrogens with zero attached hydrogens (tertiary/aromatic N) is 4. The van der Waals surface area contributed by atoms with Crippen molar-refractivity contribution in [2.75, 3.05) is 25.1 Å². The van der Waals surface area contributed by atoms with Crippen molar-refractivity contribution >= 4 is 23.5 Å². The number of anilines is 1. The molecule has 0 spiro atoms. The Morgan fingerprint density at radius 2 is 1.94 bits per heavy atom. The van der Waals surface area contributed by atoms with Crippen molar-refractivity contribution in [2.24, 2.45) is 0 Å². The fourth-order valence-electron chi connectivity index (χ4n) is 3.54. The zero-order valence-electron chi connectivity index (χ0n) is 18.2. The van der Waals surface area contributed by atoms with Gasteiger partial charge in [0.1, 0.15) is 5.82 Å². The number of pyridine rings is 1. The molecule has 1 N–H and O–H groups in total. The van der Waals surface area contributed by atoms with Crippen LogP contribution in [0.4, 0.5) is 5.82 Å². The zero-order valence-corrected chi connectivity index (χ0v) is 19.0. The van der Waals surface area contributed by atoms with Crippen LogP contribution in [0.25, 0.3) is 0 Å². The van der Waals surface area contributed by atoms with E-state index >= 15 is 0 Å². The number of ether oxygens (including phenoxy) is 1. The maximum absolute atomic E-state index is 12.4. The van der Waals surface area contributed by atoms with E-state index in [0.717, 1.165) is 46.6 Å². The molecule has 4 rings (SSSR count). The molecule has 1 aliphatic rings. The number of hydrogen-bond donors (Lipinski definition) is 1. The Kier molecular flexibility index (Phi) is 7.68. The summed E-state index contributed by atoms with van der Waals surface area (Å²) < 4.78 is 5.29. The summed E-state index contributed by atoms with van der Waals surface area (Å²) in [5.41, 5.74) is 3.62. The van der Waals surface area contributed by atoms with E-state index in [1.165, 1.54) is 12.8 Å². The second-order valence-corrected chi connectivity index (χ2v) is 8.60. The SMILES string of the molecule is COCc1cc(N2CCCC2)nc(SCc2ccc(C(=O)NCc3cccnc3)cc2)n1. The van der Waals surface area contributed by atoms with Crippen LogP contribution < -0.4 is 10.2 Å². The quantitative estimate of drug-likeness (QED) is 0.393. The van der Waals surface area contributed by atoms with Gasteiger partial charge in [0, 0.05) is 56.5 Å². The fourth-order valence-corrected chi connectivity index (χ4v) is 4.37. The topological polar surface area (TPSA) is 80.2 Å². The monoisotopic (exact) mass is 449 g/mol. The van der Waals surface area contributed by atoms with Crippen molar-refractivity contribution in [1.29, 1.82) is 0 Å². The minimum atomic E-state index is -0.0982. The van der Waals surface area contributed by atoms with Crippen LogP contribution in [0, 0.1) is 0 Å². The van der Waals surface area contributed by atoms with E-state index in [2.05, 4.69) is 20.2 Å². The summed E-state index contributed by atoms with van der Waals surface area (Å²) in [6, 6.07) is 13.5. The zero-order chi connectivity index (χ0) is 22.2. The molecule has 3 aromatic rings. The van der Waals surface area contributed by atoms with Crippen molar-refractivity contribution in [3.8, 4) is 0 Å². The summed E-state index contributed by atoms with van der Waals surface area (Å²) >= 11 is 1.60. The van der Waals surface area contributed by atoms with Crippen LogP contribution in [0.1, 0.15) is 40.0 Å². The number of carbonyl (C=O) groups is 1. The van der Waals surface area contributed by atoms with Crippen molar-refractivity contribution in [3.63, 3.8) is 0 Å². The molecule has 166 valence electrons. The third-order valence-electron chi connectivity index (χ3n) is 5.23. The predicted molar refractivity (Wildman–Crippen MR) is 126 cm³/mol. The van der Waals surface area contributed by atoms with Crippen LogP contribution in [-0.2, 0) is 23.6 Å². The van der Waals surface area contributed by atoms with Crippen LogP contribution >= 0.6 is 11.8 Å². The van der Waals surface area contributed by atoms with Gasteiger partial charge in [-0.05, 0) is 42.2 Å². The van der Waals surface area contributed by atoms with Crippen molar-refractivity contribution in [3.05, 3.63) is 77.2 Å². The number of rotatable bonds is 9. The molecule has 0 bridgehead atoms. The lowest BCUT2D eigenvalue weighted by atomic mass is 10.1. The predicted octanol–water partition coefficient (Wildman–Crippen LogP) is 3.84. The highest BCUT2D eigenvalue weighted by atomic mass is 32.2. The molecule has 0 aliphatic carbocycles. The van der Waals surface area contributed by atoms with E-state index in [1.807, 2.05) is 42.5 Å². The first-order valence-corrected chi connectivity index (χ1v) is 11.7. The van der Waals surface area contributed by atoms with E-state index < -0.39 is 0 Å². The number of methoxy groups -OCH3 is 1. The average Bonchev–Trinajstić information content (AvgIpc) is 3.38. The van der Waals surface area contributed by atoms with E-state index in [-0.39, 0.29) is 5.91 Å². The first-order chi connectivity index (χ1) is 15.7. The van der Waals surface area contributed by atoms with E-state index in [0.29, 0.717) is 18.7 Å². The maximum atomic E-state index is 12.4. The van der Waals surface area contributed by atoms with Crippen molar-refractivity contribution in [2.45, 2.75) is 36.9 Å². The maximum Gasteiger partial charge on any atom is 0.251 e. The molecule has 3 heterocycles. The second kappa shape index (κ2) is 11.1. The van der Waals surface area contributed by atoms with Crippen LogP contribution in [0.5, 0.6) is 0 Å². The third kappa shape index (κ3) is 6.05. The summed E-state index contributed by atoms with van der Waals surface area (Å²) in [6.45, 7) is 3.01. The highest BCUT2D eigenvalue weighted by Gasteiger charge is 2.16. The Morgan fingerprint density at radius 1 is 1.12 bits per heavy atom. The summed E-state index contributed by atoms with van der Waals surface area (Å²) in [6.07, 6.45) is 5.87. The number of hydrogen-bond acceptors (Lipinski definition) is 7. The van der Waals surface area contributed by atoms with Crippen molar-refractivity contribution in [1.82, 2.24) is 20.3 Å². The molecular weight excluding hydrogens is 422 g/mol. The molecule has 32 heavy (non-hydrogen) atoms. The largest absolute Gasteiger partial charge is 0.378 e. The lowest BCUT2D eigenvalue weighted by Gasteiger charge is -2.17. The van der Waals surface area contributed by atoms with Gasteiger partial charge >= 0.3 is 0 Å². The molecule has 1 saturated heterocycles. The van der Waals surface area contributed by atoms with Gasteiger partial charge in [0.2, 0.25) is 0 Å². The molecule has 7 nitrogen and oxygen atoms in total. The van der Waals surface area contributed by atoms with Crippen LogP contribution in [0.2, 0.25) is 0 Å². The van der Waals surface area contributed by atoms with E-state index in [4.69, 9.17) is 9.72 Å². The molecular formula is C24H27N5O2S. The van der Waals surface area contributed by atoms with Crippen LogP contribution in [-0.4, -0.2) is 41.1 Å².